The molecule has 2 fully saturated rings. The van der Waals surface area contributed by atoms with Crippen LogP contribution < -0.4 is 9.64 Å². The molecule has 3 heterocycles. The van der Waals surface area contributed by atoms with Crippen molar-refractivity contribution >= 4 is 22.8 Å². The van der Waals surface area contributed by atoms with Crippen LogP contribution in [0.1, 0.15) is 43.6 Å². The van der Waals surface area contributed by atoms with Gasteiger partial charge in [0.2, 0.25) is 0 Å². The van der Waals surface area contributed by atoms with Gasteiger partial charge >= 0.3 is 0 Å². The number of aromatic nitrogens is 4. The smallest absolute Gasteiger partial charge is 0.260 e. The summed E-state index contributed by atoms with van der Waals surface area (Å²) in [5, 5.41) is 5.72. The number of fused-ring (bicyclic) bond motifs is 1. The van der Waals surface area contributed by atoms with Gasteiger partial charge < -0.3 is 14.5 Å². The van der Waals surface area contributed by atoms with Crippen molar-refractivity contribution in [3.8, 4) is 11.4 Å². The molecular weight excluding hydrogens is 507 g/mol. The van der Waals surface area contributed by atoms with E-state index in [1.807, 2.05) is 42.2 Å². The Morgan fingerprint density at radius 1 is 0.950 bits per heavy atom. The first-order chi connectivity index (χ1) is 19.5. The molecule has 1 aliphatic heterocycles. The average molecular weight is 543 g/mol. The van der Waals surface area contributed by atoms with E-state index in [0.29, 0.717) is 37.8 Å². The lowest BCUT2D eigenvalue weighted by Crippen LogP contribution is -2.50. The van der Waals surface area contributed by atoms with Crippen molar-refractivity contribution in [1.82, 2.24) is 24.6 Å². The van der Waals surface area contributed by atoms with Gasteiger partial charge in [-0.1, -0.05) is 50.3 Å². The van der Waals surface area contributed by atoms with E-state index in [1.165, 1.54) is 44.2 Å². The van der Waals surface area contributed by atoms with Gasteiger partial charge in [-0.15, -0.1) is 0 Å². The number of ether oxygens (including phenoxy) is 1. The molecular formula is C31H35FN6O2. The van der Waals surface area contributed by atoms with Crippen molar-refractivity contribution in [2.24, 2.45) is 5.92 Å². The molecule has 4 aromatic rings. The maximum atomic E-state index is 13.7. The van der Waals surface area contributed by atoms with E-state index in [4.69, 9.17) is 19.8 Å². The van der Waals surface area contributed by atoms with E-state index in [-0.39, 0.29) is 18.3 Å². The van der Waals surface area contributed by atoms with Gasteiger partial charge in [0, 0.05) is 32.6 Å². The van der Waals surface area contributed by atoms with Crippen molar-refractivity contribution in [1.29, 1.82) is 0 Å². The molecule has 1 saturated carbocycles. The van der Waals surface area contributed by atoms with E-state index >= 15 is 0 Å². The molecule has 0 bridgehead atoms. The normalized spacial score (nSPS) is 16.4. The molecule has 208 valence electrons. The molecule has 8 nitrogen and oxygen atoms in total. The van der Waals surface area contributed by atoms with Crippen LogP contribution in [0.2, 0.25) is 0 Å². The van der Waals surface area contributed by atoms with E-state index in [1.54, 1.807) is 16.8 Å². The Bertz CT molecular complexity index is 1460. The zero-order valence-corrected chi connectivity index (χ0v) is 22.9. The highest BCUT2D eigenvalue weighted by molar-refractivity contribution is 5.91. The van der Waals surface area contributed by atoms with Gasteiger partial charge in [-0.2, -0.15) is 5.10 Å². The number of halogens is 1. The average Bonchev–Trinajstić information content (AvgIpc) is 3.33. The van der Waals surface area contributed by atoms with Gasteiger partial charge in [-0.3, -0.25) is 4.79 Å². The molecule has 2 aromatic carbocycles. The maximum Gasteiger partial charge on any atom is 0.260 e. The molecule has 2 aromatic heterocycles. The van der Waals surface area contributed by atoms with Crippen LogP contribution in [0.4, 0.5) is 10.2 Å². The quantitative estimate of drug-likeness (QED) is 0.323. The lowest BCUT2D eigenvalue weighted by atomic mass is 9.87. The third-order valence-corrected chi connectivity index (χ3v) is 8.03. The zero-order valence-electron chi connectivity index (χ0n) is 22.9. The number of nitrogens with zero attached hydrogens (tertiary/aromatic N) is 6. The van der Waals surface area contributed by atoms with Crippen molar-refractivity contribution in [2.45, 2.75) is 45.4 Å². The van der Waals surface area contributed by atoms with Gasteiger partial charge in [0.15, 0.2) is 12.3 Å². The summed E-state index contributed by atoms with van der Waals surface area (Å²) < 4.78 is 21.2. The minimum atomic E-state index is -0.285. The van der Waals surface area contributed by atoms with Gasteiger partial charge in [0.05, 0.1) is 16.8 Å². The molecule has 0 radical (unpaired) electrons. The minimum absolute atomic E-state index is 0.0189. The van der Waals surface area contributed by atoms with Crippen LogP contribution in [0.3, 0.4) is 0 Å². The highest BCUT2D eigenvalue weighted by Gasteiger charge is 2.27. The number of hydrogen-bond donors (Lipinski definition) is 0. The fourth-order valence-corrected chi connectivity index (χ4v) is 5.86. The molecule has 6 rings (SSSR count). The Morgan fingerprint density at radius 3 is 2.40 bits per heavy atom. The number of piperazine rings is 1. The predicted octanol–water partition coefficient (Wildman–Crippen LogP) is 5.11. The number of anilines is 1. The lowest BCUT2D eigenvalue weighted by Gasteiger charge is -2.35. The van der Waals surface area contributed by atoms with Gasteiger partial charge in [-0.05, 0) is 49.2 Å². The van der Waals surface area contributed by atoms with Crippen molar-refractivity contribution in [2.75, 3.05) is 37.7 Å². The fourth-order valence-electron chi connectivity index (χ4n) is 5.86. The number of carbonyl (C=O) groups is 1. The fraction of sp³-hybridized carbons (Fsp3) is 0.419. The van der Waals surface area contributed by atoms with Gasteiger partial charge in [0.1, 0.15) is 23.2 Å². The second-order valence-corrected chi connectivity index (χ2v) is 10.8. The van der Waals surface area contributed by atoms with Crippen LogP contribution in [0.5, 0.6) is 5.75 Å². The third kappa shape index (κ3) is 5.64. The summed E-state index contributed by atoms with van der Waals surface area (Å²) in [5.41, 5.74) is 2.34. The topological polar surface area (TPSA) is 76.4 Å². The van der Waals surface area contributed by atoms with Crippen molar-refractivity contribution in [3.63, 3.8) is 0 Å². The van der Waals surface area contributed by atoms with Gasteiger partial charge in [-0.25, -0.2) is 19.0 Å². The number of benzene rings is 2. The second-order valence-electron chi connectivity index (χ2n) is 10.8. The second kappa shape index (κ2) is 11.6. The standard InChI is InChI=1S/C31H35FN6O2/c1-22-29-30(37-18-16-36(17-19-37)28(39)21-40-26-10-6-3-7-11-26)33-27(20-23-8-4-2-5-9-23)34-31(29)38(35-22)25-14-12-24(32)13-15-25/h3,6-7,10-15,23H,2,4-5,8-9,16-21H2,1H3. The number of amides is 1. The minimum Gasteiger partial charge on any atom is -0.484 e. The Morgan fingerprint density at radius 2 is 1.68 bits per heavy atom. The Hall–Kier alpha value is -4.01. The number of rotatable bonds is 7. The first-order valence-corrected chi connectivity index (χ1v) is 14.3. The van der Waals surface area contributed by atoms with E-state index in [0.717, 1.165) is 40.5 Å². The number of aryl methyl sites for hydroxylation is 1. The van der Waals surface area contributed by atoms with Crippen LogP contribution in [0.25, 0.3) is 16.7 Å². The summed E-state index contributed by atoms with van der Waals surface area (Å²) in [6.45, 7) is 4.49. The highest BCUT2D eigenvalue weighted by atomic mass is 19.1. The summed E-state index contributed by atoms with van der Waals surface area (Å²) >= 11 is 0. The third-order valence-electron chi connectivity index (χ3n) is 8.03. The maximum absolute atomic E-state index is 13.7. The summed E-state index contributed by atoms with van der Waals surface area (Å²) in [7, 11) is 0. The number of hydrogen-bond acceptors (Lipinski definition) is 6. The Labute approximate surface area is 233 Å². The summed E-state index contributed by atoms with van der Waals surface area (Å²) in [4.78, 5) is 27.1. The molecule has 0 spiro atoms. The molecule has 9 heteroatoms. The summed E-state index contributed by atoms with van der Waals surface area (Å²) in [5.74, 6) is 2.67. The number of carbonyl (C=O) groups excluding carboxylic acids is 1. The van der Waals surface area contributed by atoms with E-state index in [9.17, 15) is 9.18 Å². The molecule has 0 N–H and O–H groups in total. The van der Waals surface area contributed by atoms with Crippen LogP contribution >= 0.6 is 0 Å². The first-order valence-electron chi connectivity index (χ1n) is 14.3. The molecule has 40 heavy (non-hydrogen) atoms. The highest BCUT2D eigenvalue weighted by Crippen LogP contribution is 2.32. The summed E-state index contributed by atoms with van der Waals surface area (Å²) in [6, 6.07) is 15.8. The van der Waals surface area contributed by atoms with Crippen molar-refractivity contribution < 1.29 is 13.9 Å². The van der Waals surface area contributed by atoms with E-state index in [2.05, 4.69) is 4.90 Å². The van der Waals surface area contributed by atoms with Crippen LogP contribution in [0, 0.1) is 18.7 Å². The molecule has 1 saturated heterocycles. The van der Waals surface area contributed by atoms with Crippen molar-refractivity contribution in [3.05, 3.63) is 71.9 Å². The molecule has 0 unspecified atom stereocenters. The molecule has 2 aliphatic rings. The van der Waals surface area contributed by atoms with Gasteiger partial charge in [0.25, 0.3) is 5.91 Å². The largest absolute Gasteiger partial charge is 0.484 e. The first kappa shape index (κ1) is 26.2. The van der Waals surface area contributed by atoms with Crippen LogP contribution in [-0.4, -0.2) is 63.3 Å². The molecule has 1 amide bonds. The lowest BCUT2D eigenvalue weighted by molar-refractivity contribution is -0.133. The Kier molecular flexibility index (Phi) is 7.62. The monoisotopic (exact) mass is 542 g/mol. The molecule has 0 atom stereocenters. The Balaban J connectivity index is 1.26. The van der Waals surface area contributed by atoms with Crippen LogP contribution in [-0.2, 0) is 11.2 Å². The molecule has 1 aliphatic carbocycles. The van der Waals surface area contributed by atoms with E-state index < -0.39 is 0 Å². The van der Waals surface area contributed by atoms with Crippen LogP contribution in [0.15, 0.2) is 54.6 Å². The summed E-state index contributed by atoms with van der Waals surface area (Å²) in [6.07, 6.45) is 7.08. The SMILES string of the molecule is Cc1nn(-c2ccc(F)cc2)c2nc(CC3CCCCC3)nc(N3CCN(C(=O)COc4ccccc4)CC3)c12. The predicted molar refractivity (Wildman–Crippen MR) is 152 cm³/mol. The number of para-hydroxylation sites is 1. The zero-order chi connectivity index (χ0) is 27.5.